The third kappa shape index (κ3) is 3.09. The van der Waals surface area contributed by atoms with Gasteiger partial charge in [-0.3, -0.25) is 0 Å². The molecule has 1 N–H and O–H groups in total. The molecule has 1 unspecified atom stereocenters. The van der Waals surface area contributed by atoms with E-state index in [0.29, 0.717) is 0 Å². The van der Waals surface area contributed by atoms with Crippen LogP contribution in [0.2, 0.25) is 4.34 Å². The van der Waals surface area contributed by atoms with E-state index < -0.39 is 0 Å². The Labute approximate surface area is 120 Å². The zero-order valence-corrected chi connectivity index (χ0v) is 12.8. The third-order valence-corrected chi connectivity index (χ3v) is 4.75. The molecule has 0 saturated carbocycles. The van der Waals surface area contributed by atoms with Crippen LogP contribution in [-0.4, -0.2) is 16.1 Å². The van der Waals surface area contributed by atoms with Gasteiger partial charge >= 0.3 is 0 Å². The summed E-state index contributed by atoms with van der Waals surface area (Å²) < 4.78 is 4.92. The van der Waals surface area contributed by atoms with Crippen molar-refractivity contribution in [2.45, 2.75) is 32.7 Å². The van der Waals surface area contributed by atoms with Gasteiger partial charge in [0.2, 0.25) is 0 Å². The molecule has 0 aliphatic carbocycles. The van der Waals surface area contributed by atoms with E-state index in [-0.39, 0.29) is 6.04 Å². The maximum absolute atomic E-state index is 6.03. The minimum Gasteiger partial charge on any atom is -0.305 e. The maximum atomic E-state index is 6.03. The second kappa shape index (κ2) is 6.61. The molecule has 0 spiro atoms. The summed E-state index contributed by atoms with van der Waals surface area (Å²) in [6, 6.07) is 4.20. The molecule has 0 bridgehead atoms. The van der Waals surface area contributed by atoms with Crippen LogP contribution in [-0.2, 0) is 6.42 Å². The Kier molecular flexibility index (Phi) is 5.12. The molecule has 0 aliphatic heterocycles. The number of nitrogens with one attached hydrogen (secondary N) is 1. The standard InChI is InChI=1S/C12H16ClN3S2/c1-3-5-8-12(18-16-15-8)11(14-4-2)9-6-7-10(13)17-9/h6-7,11,14H,3-5H2,1-2H3. The lowest BCUT2D eigenvalue weighted by Crippen LogP contribution is -2.21. The fourth-order valence-electron chi connectivity index (χ4n) is 1.86. The van der Waals surface area contributed by atoms with Crippen LogP contribution in [0.1, 0.15) is 41.8 Å². The Balaban J connectivity index is 2.31. The van der Waals surface area contributed by atoms with E-state index >= 15 is 0 Å². The lowest BCUT2D eigenvalue weighted by molar-refractivity contribution is 0.639. The molecule has 2 aromatic heterocycles. The average Bonchev–Trinajstić information content (AvgIpc) is 2.96. The largest absolute Gasteiger partial charge is 0.305 e. The van der Waals surface area contributed by atoms with Crippen molar-refractivity contribution >= 4 is 34.5 Å². The van der Waals surface area contributed by atoms with Crippen LogP contribution in [0.4, 0.5) is 0 Å². The second-order valence-electron chi connectivity index (χ2n) is 3.97. The molecule has 2 rings (SSSR count). The van der Waals surface area contributed by atoms with E-state index in [4.69, 9.17) is 11.6 Å². The minimum absolute atomic E-state index is 0.175. The quantitative estimate of drug-likeness (QED) is 0.879. The predicted molar refractivity (Wildman–Crippen MR) is 78.8 cm³/mol. The highest BCUT2D eigenvalue weighted by atomic mass is 35.5. The van der Waals surface area contributed by atoms with Crippen molar-refractivity contribution in [2.75, 3.05) is 6.54 Å². The van der Waals surface area contributed by atoms with Crippen molar-refractivity contribution in [3.63, 3.8) is 0 Å². The van der Waals surface area contributed by atoms with Gasteiger partial charge in [0, 0.05) is 4.88 Å². The molecule has 0 saturated heterocycles. The van der Waals surface area contributed by atoms with Crippen molar-refractivity contribution < 1.29 is 0 Å². The molecule has 2 heterocycles. The van der Waals surface area contributed by atoms with Crippen molar-refractivity contribution in [3.8, 4) is 0 Å². The normalized spacial score (nSPS) is 12.8. The summed E-state index contributed by atoms with van der Waals surface area (Å²) >= 11 is 9.13. The zero-order valence-electron chi connectivity index (χ0n) is 10.4. The van der Waals surface area contributed by atoms with E-state index in [2.05, 4.69) is 34.8 Å². The summed E-state index contributed by atoms with van der Waals surface area (Å²) in [5.74, 6) is 0. The Bertz CT molecular complexity index is 495. The number of aromatic nitrogens is 2. The lowest BCUT2D eigenvalue weighted by Gasteiger charge is -2.15. The molecule has 18 heavy (non-hydrogen) atoms. The fourth-order valence-corrected chi connectivity index (χ4v) is 3.87. The fraction of sp³-hybridized carbons (Fsp3) is 0.500. The summed E-state index contributed by atoms with van der Waals surface area (Å²) in [7, 11) is 0. The average molecular weight is 302 g/mol. The highest BCUT2D eigenvalue weighted by Crippen LogP contribution is 2.33. The number of aryl methyl sites for hydroxylation is 1. The monoisotopic (exact) mass is 301 g/mol. The van der Waals surface area contributed by atoms with Crippen LogP contribution in [0.3, 0.4) is 0 Å². The van der Waals surface area contributed by atoms with Gasteiger partial charge in [0.05, 0.1) is 20.9 Å². The van der Waals surface area contributed by atoms with Gasteiger partial charge in [-0.05, 0) is 36.6 Å². The van der Waals surface area contributed by atoms with Gasteiger partial charge < -0.3 is 5.32 Å². The highest BCUT2D eigenvalue weighted by Gasteiger charge is 2.21. The van der Waals surface area contributed by atoms with Crippen LogP contribution in [0.25, 0.3) is 0 Å². The summed E-state index contributed by atoms with van der Waals surface area (Å²) in [6.07, 6.45) is 2.06. The van der Waals surface area contributed by atoms with Crippen LogP contribution >= 0.6 is 34.5 Å². The van der Waals surface area contributed by atoms with Gasteiger partial charge in [-0.2, -0.15) is 0 Å². The first-order chi connectivity index (χ1) is 8.76. The first kappa shape index (κ1) is 13.9. The van der Waals surface area contributed by atoms with E-state index in [1.54, 1.807) is 11.3 Å². The molecular formula is C12H16ClN3S2. The van der Waals surface area contributed by atoms with Gasteiger partial charge in [0.1, 0.15) is 0 Å². The van der Waals surface area contributed by atoms with Crippen molar-refractivity contribution in [2.24, 2.45) is 0 Å². The molecule has 0 amide bonds. The summed E-state index contributed by atoms with van der Waals surface area (Å²) in [5.41, 5.74) is 1.11. The van der Waals surface area contributed by atoms with Gasteiger partial charge in [0.15, 0.2) is 0 Å². The van der Waals surface area contributed by atoms with Gasteiger partial charge in [-0.1, -0.05) is 36.4 Å². The number of thiophene rings is 1. The Hall–Kier alpha value is -0.490. The SMILES string of the molecule is CCCc1nnsc1C(NCC)c1ccc(Cl)s1. The summed E-state index contributed by atoms with van der Waals surface area (Å²) in [5, 5.41) is 7.74. The van der Waals surface area contributed by atoms with E-state index in [1.165, 1.54) is 21.3 Å². The van der Waals surface area contributed by atoms with Crippen molar-refractivity contribution in [3.05, 3.63) is 31.9 Å². The minimum atomic E-state index is 0.175. The highest BCUT2D eigenvalue weighted by molar-refractivity contribution is 7.16. The summed E-state index contributed by atoms with van der Waals surface area (Å²) in [6.45, 7) is 5.17. The molecule has 0 fully saturated rings. The van der Waals surface area contributed by atoms with Crippen LogP contribution in [0, 0.1) is 0 Å². The third-order valence-electron chi connectivity index (χ3n) is 2.62. The van der Waals surface area contributed by atoms with E-state index in [0.717, 1.165) is 29.4 Å². The van der Waals surface area contributed by atoms with Crippen molar-refractivity contribution in [1.82, 2.24) is 14.9 Å². The molecule has 1 atom stereocenters. The lowest BCUT2D eigenvalue weighted by atomic mass is 10.1. The smallest absolute Gasteiger partial charge is 0.0931 e. The van der Waals surface area contributed by atoms with Gasteiger partial charge in [0.25, 0.3) is 0 Å². The van der Waals surface area contributed by atoms with Crippen LogP contribution in [0.5, 0.6) is 0 Å². The Morgan fingerprint density at radius 1 is 1.39 bits per heavy atom. The number of halogens is 1. The molecular weight excluding hydrogens is 286 g/mol. The first-order valence-corrected chi connectivity index (χ1v) is 8.02. The van der Waals surface area contributed by atoms with Crippen LogP contribution < -0.4 is 5.32 Å². The zero-order chi connectivity index (χ0) is 13.0. The molecule has 0 aliphatic rings. The summed E-state index contributed by atoms with van der Waals surface area (Å²) in [4.78, 5) is 2.45. The predicted octanol–water partition coefficient (Wildman–Crippen LogP) is 3.90. The van der Waals surface area contributed by atoms with Gasteiger partial charge in [-0.25, -0.2) is 0 Å². The molecule has 98 valence electrons. The molecule has 6 heteroatoms. The number of hydrogen-bond donors (Lipinski definition) is 1. The van der Waals surface area contributed by atoms with E-state index in [9.17, 15) is 0 Å². The topological polar surface area (TPSA) is 37.8 Å². The second-order valence-corrected chi connectivity index (χ2v) is 6.50. The van der Waals surface area contributed by atoms with E-state index in [1.807, 2.05) is 6.07 Å². The number of rotatable bonds is 6. The molecule has 0 aromatic carbocycles. The molecule has 3 nitrogen and oxygen atoms in total. The number of hydrogen-bond acceptors (Lipinski definition) is 5. The van der Waals surface area contributed by atoms with Crippen molar-refractivity contribution in [1.29, 1.82) is 0 Å². The Morgan fingerprint density at radius 2 is 2.22 bits per heavy atom. The molecule has 2 aromatic rings. The number of nitrogens with zero attached hydrogens (tertiary/aromatic N) is 2. The molecule has 0 radical (unpaired) electrons. The van der Waals surface area contributed by atoms with Crippen LogP contribution in [0.15, 0.2) is 12.1 Å². The first-order valence-electron chi connectivity index (χ1n) is 6.06. The van der Waals surface area contributed by atoms with Gasteiger partial charge in [-0.15, -0.1) is 16.4 Å². The Morgan fingerprint density at radius 3 is 2.83 bits per heavy atom. The maximum Gasteiger partial charge on any atom is 0.0931 e.